The third-order valence-electron chi connectivity index (χ3n) is 4.95. The zero-order chi connectivity index (χ0) is 18.0. The molecule has 3 N–H and O–H groups in total. The molecule has 136 valence electrons. The lowest BCUT2D eigenvalue weighted by atomic mass is 9.96. The van der Waals surface area contributed by atoms with Crippen LogP contribution in [0.3, 0.4) is 0 Å². The van der Waals surface area contributed by atoms with Crippen molar-refractivity contribution < 1.29 is 9.59 Å². The Bertz CT molecular complexity index is 664. The quantitative estimate of drug-likeness (QED) is 0.820. The zero-order valence-corrected chi connectivity index (χ0v) is 15.4. The summed E-state index contributed by atoms with van der Waals surface area (Å²) in [5.74, 6) is 0.143. The number of hydrogen-bond donors (Lipinski definition) is 2. The van der Waals surface area contributed by atoms with Crippen molar-refractivity contribution in [2.75, 3.05) is 32.7 Å². The number of hydrogen-bond acceptors (Lipinski definition) is 3. The largest absolute Gasteiger partial charge is 0.351 e. The summed E-state index contributed by atoms with van der Waals surface area (Å²) in [7, 11) is 0. The number of piperidine rings is 1. The second kappa shape index (κ2) is 7.81. The number of nitrogens with one attached hydrogen (secondary N) is 1. The van der Waals surface area contributed by atoms with Crippen LogP contribution in [0.25, 0.3) is 0 Å². The average Bonchev–Trinajstić information content (AvgIpc) is 2.63. The van der Waals surface area contributed by atoms with Gasteiger partial charge in [0.1, 0.15) is 0 Å². The molecule has 8 heteroatoms. The average molecular weight is 385 g/mol. The SMILES string of the molecule is NC(=O)N1CCN(C(=O)C2CCCNC2)CC1c1ccc(Cl)c(Cl)c1. The number of halogens is 2. The molecule has 1 aromatic rings. The van der Waals surface area contributed by atoms with Crippen LogP contribution in [0.2, 0.25) is 10.0 Å². The first kappa shape index (κ1) is 18.3. The number of amides is 3. The van der Waals surface area contributed by atoms with E-state index in [1.807, 2.05) is 11.0 Å². The van der Waals surface area contributed by atoms with E-state index in [2.05, 4.69) is 5.32 Å². The highest BCUT2D eigenvalue weighted by Crippen LogP contribution is 2.31. The van der Waals surface area contributed by atoms with Gasteiger partial charge in [-0.3, -0.25) is 4.79 Å². The van der Waals surface area contributed by atoms with E-state index in [0.29, 0.717) is 36.2 Å². The van der Waals surface area contributed by atoms with Crippen LogP contribution < -0.4 is 11.1 Å². The molecular formula is C17H22Cl2N4O2. The molecule has 0 aromatic heterocycles. The Labute approximate surface area is 157 Å². The molecule has 2 saturated heterocycles. The maximum atomic E-state index is 12.8. The van der Waals surface area contributed by atoms with Crippen molar-refractivity contribution in [1.82, 2.24) is 15.1 Å². The number of carbonyl (C=O) groups excluding carboxylic acids is 2. The Kier molecular flexibility index (Phi) is 5.71. The summed E-state index contributed by atoms with van der Waals surface area (Å²) >= 11 is 12.1. The van der Waals surface area contributed by atoms with E-state index < -0.39 is 6.03 Å². The predicted octanol–water partition coefficient (Wildman–Crippen LogP) is 2.26. The number of benzene rings is 1. The lowest BCUT2D eigenvalue weighted by Gasteiger charge is -2.42. The highest BCUT2D eigenvalue weighted by atomic mass is 35.5. The molecular weight excluding hydrogens is 363 g/mol. The molecule has 2 fully saturated rings. The number of primary amides is 1. The van der Waals surface area contributed by atoms with Gasteiger partial charge in [-0.05, 0) is 37.1 Å². The van der Waals surface area contributed by atoms with Crippen LogP contribution in [0, 0.1) is 5.92 Å². The third kappa shape index (κ3) is 4.02. The van der Waals surface area contributed by atoms with Gasteiger partial charge in [-0.25, -0.2) is 4.79 Å². The lowest BCUT2D eigenvalue weighted by Crippen LogP contribution is -2.55. The molecule has 2 unspecified atom stereocenters. The predicted molar refractivity (Wildman–Crippen MR) is 97.7 cm³/mol. The molecule has 6 nitrogen and oxygen atoms in total. The molecule has 0 spiro atoms. The smallest absolute Gasteiger partial charge is 0.315 e. The Morgan fingerprint density at radius 1 is 1.20 bits per heavy atom. The molecule has 0 saturated carbocycles. The van der Waals surface area contributed by atoms with Gasteiger partial charge in [-0.1, -0.05) is 29.3 Å². The van der Waals surface area contributed by atoms with Crippen molar-refractivity contribution in [2.24, 2.45) is 11.7 Å². The maximum Gasteiger partial charge on any atom is 0.315 e. The van der Waals surface area contributed by atoms with Gasteiger partial charge < -0.3 is 20.9 Å². The van der Waals surface area contributed by atoms with Crippen LogP contribution in [0.5, 0.6) is 0 Å². The van der Waals surface area contributed by atoms with Crippen LogP contribution in [-0.4, -0.2) is 54.5 Å². The topological polar surface area (TPSA) is 78.7 Å². The van der Waals surface area contributed by atoms with Crippen LogP contribution in [0.15, 0.2) is 18.2 Å². The van der Waals surface area contributed by atoms with Gasteiger partial charge in [0, 0.05) is 26.2 Å². The van der Waals surface area contributed by atoms with Gasteiger partial charge in [0.15, 0.2) is 0 Å². The van der Waals surface area contributed by atoms with Crippen molar-refractivity contribution in [1.29, 1.82) is 0 Å². The molecule has 0 bridgehead atoms. The van der Waals surface area contributed by atoms with Crippen molar-refractivity contribution >= 4 is 35.1 Å². The van der Waals surface area contributed by atoms with Crippen LogP contribution in [-0.2, 0) is 4.79 Å². The van der Waals surface area contributed by atoms with Crippen molar-refractivity contribution in [3.05, 3.63) is 33.8 Å². The van der Waals surface area contributed by atoms with Crippen LogP contribution in [0.4, 0.5) is 4.79 Å². The first-order chi connectivity index (χ1) is 12.0. The van der Waals surface area contributed by atoms with Gasteiger partial charge >= 0.3 is 6.03 Å². The molecule has 3 amide bonds. The molecule has 3 rings (SSSR count). The molecule has 25 heavy (non-hydrogen) atoms. The van der Waals surface area contributed by atoms with E-state index in [9.17, 15) is 9.59 Å². The highest BCUT2D eigenvalue weighted by molar-refractivity contribution is 6.42. The molecule has 0 radical (unpaired) electrons. The number of rotatable bonds is 2. The molecule has 2 atom stereocenters. The number of nitrogens with zero attached hydrogens (tertiary/aromatic N) is 2. The van der Waals surface area contributed by atoms with Crippen molar-refractivity contribution in [3.63, 3.8) is 0 Å². The molecule has 2 aliphatic heterocycles. The molecule has 2 aliphatic rings. The highest BCUT2D eigenvalue weighted by Gasteiger charge is 2.35. The maximum absolute atomic E-state index is 12.8. The minimum absolute atomic E-state index is 0.00309. The second-order valence-corrected chi connectivity index (χ2v) is 7.36. The van der Waals surface area contributed by atoms with E-state index in [1.54, 1.807) is 17.0 Å². The second-order valence-electron chi connectivity index (χ2n) is 6.55. The Balaban J connectivity index is 1.80. The van der Waals surface area contributed by atoms with E-state index in [0.717, 1.165) is 24.9 Å². The van der Waals surface area contributed by atoms with E-state index in [4.69, 9.17) is 28.9 Å². The minimum atomic E-state index is -0.498. The monoisotopic (exact) mass is 384 g/mol. The number of urea groups is 1. The Morgan fingerprint density at radius 3 is 2.64 bits per heavy atom. The van der Waals surface area contributed by atoms with Gasteiger partial charge in [-0.2, -0.15) is 0 Å². The van der Waals surface area contributed by atoms with Crippen molar-refractivity contribution in [2.45, 2.75) is 18.9 Å². The van der Waals surface area contributed by atoms with Gasteiger partial charge in [-0.15, -0.1) is 0 Å². The van der Waals surface area contributed by atoms with Crippen LogP contribution >= 0.6 is 23.2 Å². The van der Waals surface area contributed by atoms with Gasteiger partial charge in [0.25, 0.3) is 0 Å². The van der Waals surface area contributed by atoms with E-state index >= 15 is 0 Å². The fourth-order valence-corrected chi connectivity index (χ4v) is 3.88. The summed E-state index contributed by atoms with van der Waals surface area (Å²) in [5, 5.41) is 4.15. The number of piperazine rings is 1. The summed E-state index contributed by atoms with van der Waals surface area (Å²) in [6.45, 7) is 3.00. The normalized spacial score (nSPS) is 24.2. The van der Waals surface area contributed by atoms with E-state index in [1.165, 1.54) is 0 Å². The van der Waals surface area contributed by atoms with Crippen molar-refractivity contribution in [3.8, 4) is 0 Å². The number of nitrogens with two attached hydrogens (primary N) is 1. The van der Waals surface area contributed by atoms with Gasteiger partial charge in [0.2, 0.25) is 5.91 Å². The molecule has 1 aromatic carbocycles. The fourth-order valence-electron chi connectivity index (χ4n) is 3.57. The molecule has 2 heterocycles. The molecule has 0 aliphatic carbocycles. The summed E-state index contributed by atoms with van der Waals surface area (Å²) in [6.07, 6.45) is 1.91. The summed E-state index contributed by atoms with van der Waals surface area (Å²) in [6, 6.07) is 4.44. The Hall–Kier alpha value is -1.50. The van der Waals surface area contributed by atoms with Gasteiger partial charge in [0.05, 0.1) is 22.0 Å². The van der Waals surface area contributed by atoms with E-state index in [-0.39, 0.29) is 17.9 Å². The minimum Gasteiger partial charge on any atom is -0.351 e. The zero-order valence-electron chi connectivity index (χ0n) is 13.9. The van der Waals surface area contributed by atoms with Crippen LogP contribution in [0.1, 0.15) is 24.4 Å². The number of carbonyl (C=O) groups is 2. The Morgan fingerprint density at radius 2 is 2.00 bits per heavy atom. The standard InChI is InChI=1S/C17H22Cl2N4O2/c18-13-4-3-11(8-14(13)19)15-10-22(6-7-23(15)17(20)25)16(24)12-2-1-5-21-9-12/h3-4,8,12,15,21H,1-2,5-7,9-10H2,(H2,20,25). The first-order valence-electron chi connectivity index (χ1n) is 8.48. The third-order valence-corrected chi connectivity index (χ3v) is 5.69. The fraction of sp³-hybridized carbons (Fsp3) is 0.529. The summed E-state index contributed by atoms with van der Waals surface area (Å²) in [4.78, 5) is 28.1. The summed E-state index contributed by atoms with van der Waals surface area (Å²) < 4.78 is 0. The first-order valence-corrected chi connectivity index (χ1v) is 9.23. The summed E-state index contributed by atoms with van der Waals surface area (Å²) in [5.41, 5.74) is 6.37. The lowest BCUT2D eigenvalue weighted by molar-refractivity contribution is -0.138.